The molecule has 0 amide bonds. The highest BCUT2D eigenvalue weighted by atomic mass is 16.7. The Balaban J connectivity index is 1.60. The van der Waals surface area contributed by atoms with E-state index in [-0.39, 0.29) is 18.4 Å². The van der Waals surface area contributed by atoms with E-state index in [9.17, 15) is 5.11 Å². The maximum absolute atomic E-state index is 9.88. The molecule has 4 rings (SSSR count). The SMILES string of the molecule is CCCC(C)N(C)c1ncc(-c2ccc(C3OCCO3)cn2)c(NC2CCC(O)CC2)n1. The quantitative estimate of drug-likeness (QED) is 0.637. The second kappa shape index (κ2) is 10.6. The van der Waals surface area contributed by atoms with Gasteiger partial charge in [0.15, 0.2) is 6.29 Å². The fraction of sp³-hybridized carbons (Fsp3) is 0.625. The largest absolute Gasteiger partial charge is 0.393 e. The summed E-state index contributed by atoms with van der Waals surface area (Å²) in [6, 6.07) is 4.59. The van der Waals surface area contributed by atoms with Crippen molar-refractivity contribution < 1.29 is 14.6 Å². The topological polar surface area (TPSA) is 92.6 Å². The lowest BCUT2D eigenvalue weighted by Crippen LogP contribution is -2.31. The number of aliphatic hydroxyl groups excluding tert-OH is 1. The highest BCUT2D eigenvalue weighted by Gasteiger charge is 2.23. The van der Waals surface area contributed by atoms with Crippen LogP contribution in [-0.4, -0.2) is 58.5 Å². The van der Waals surface area contributed by atoms with Gasteiger partial charge in [-0.05, 0) is 45.1 Å². The number of rotatable bonds is 8. The number of nitrogens with zero attached hydrogens (tertiary/aromatic N) is 4. The summed E-state index contributed by atoms with van der Waals surface area (Å²) in [5.74, 6) is 1.50. The van der Waals surface area contributed by atoms with Crippen molar-refractivity contribution >= 4 is 11.8 Å². The molecular formula is C24H35N5O3. The summed E-state index contributed by atoms with van der Waals surface area (Å²) in [5, 5.41) is 13.5. The van der Waals surface area contributed by atoms with E-state index in [0.29, 0.717) is 25.2 Å². The van der Waals surface area contributed by atoms with Gasteiger partial charge < -0.3 is 24.8 Å². The third-order valence-electron chi connectivity index (χ3n) is 6.45. The van der Waals surface area contributed by atoms with Gasteiger partial charge in [0, 0.05) is 37.1 Å². The van der Waals surface area contributed by atoms with Gasteiger partial charge >= 0.3 is 0 Å². The van der Waals surface area contributed by atoms with Crippen LogP contribution in [0.1, 0.15) is 64.2 Å². The number of aromatic nitrogens is 3. The number of hydrogen-bond acceptors (Lipinski definition) is 8. The van der Waals surface area contributed by atoms with Gasteiger partial charge in [-0.3, -0.25) is 4.98 Å². The zero-order valence-electron chi connectivity index (χ0n) is 19.3. The average Bonchev–Trinajstić information content (AvgIpc) is 3.35. The normalized spacial score (nSPS) is 22.6. The molecule has 2 aromatic heterocycles. The number of aliphatic hydroxyl groups is 1. The van der Waals surface area contributed by atoms with E-state index in [2.05, 4.69) is 34.0 Å². The minimum atomic E-state index is -0.338. The molecule has 1 aliphatic carbocycles. The van der Waals surface area contributed by atoms with Crippen LogP contribution in [0.15, 0.2) is 24.5 Å². The Kier molecular flexibility index (Phi) is 7.55. The van der Waals surface area contributed by atoms with Gasteiger partial charge in [0.2, 0.25) is 5.95 Å². The van der Waals surface area contributed by atoms with Crippen LogP contribution >= 0.6 is 0 Å². The van der Waals surface area contributed by atoms with Crippen LogP contribution in [-0.2, 0) is 9.47 Å². The maximum atomic E-state index is 9.88. The molecule has 1 atom stereocenters. The second-order valence-corrected chi connectivity index (χ2v) is 8.88. The standard InChI is InChI=1S/C24H35N5O3/c1-4-5-16(2)29(3)24-26-15-20(22(28-24)27-18-7-9-19(30)10-8-18)21-11-6-17(14-25-21)23-31-12-13-32-23/h6,11,14-16,18-19,23,30H,4-5,7-10,12-13H2,1-3H3,(H,26,27,28). The summed E-state index contributed by atoms with van der Waals surface area (Å²) in [6.45, 7) is 5.60. The maximum Gasteiger partial charge on any atom is 0.227 e. The zero-order valence-corrected chi connectivity index (χ0v) is 19.3. The number of anilines is 2. The van der Waals surface area contributed by atoms with Crippen LogP contribution in [0.25, 0.3) is 11.3 Å². The fourth-order valence-electron chi connectivity index (χ4n) is 4.32. The first-order valence-corrected chi connectivity index (χ1v) is 11.8. The first kappa shape index (κ1) is 22.9. The van der Waals surface area contributed by atoms with Crippen LogP contribution < -0.4 is 10.2 Å². The summed E-state index contributed by atoms with van der Waals surface area (Å²) in [6.07, 6.45) is 8.80. The molecule has 1 saturated heterocycles. The molecule has 32 heavy (non-hydrogen) atoms. The van der Waals surface area contributed by atoms with Crippen molar-refractivity contribution in [3.63, 3.8) is 0 Å². The first-order chi connectivity index (χ1) is 15.5. The molecule has 3 heterocycles. The van der Waals surface area contributed by atoms with Crippen LogP contribution in [0.3, 0.4) is 0 Å². The molecule has 0 radical (unpaired) electrons. The Bertz CT molecular complexity index is 864. The van der Waals surface area contributed by atoms with Crippen molar-refractivity contribution in [1.29, 1.82) is 0 Å². The molecule has 2 aliphatic rings. The van der Waals surface area contributed by atoms with Crippen molar-refractivity contribution in [1.82, 2.24) is 15.0 Å². The van der Waals surface area contributed by atoms with E-state index in [1.54, 1.807) is 6.20 Å². The number of ether oxygens (including phenoxy) is 2. The van der Waals surface area contributed by atoms with E-state index >= 15 is 0 Å². The van der Waals surface area contributed by atoms with E-state index < -0.39 is 0 Å². The van der Waals surface area contributed by atoms with Gasteiger partial charge in [0.1, 0.15) is 5.82 Å². The Labute approximate surface area is 190 Å². The third kappa shape index (κ3) is 5.36. The van der Waals surface area contributed by atoms with Gasteiger partial charge in [0.25, 0.3) is 0 Å². The molecule has 0 aromatic carbocycles. The Morgan fingerprint density at radius 3 is 2.53 bits per heavy atom. The molecule has 2 fully saturated rings. The molecule has 8 heteroatoms. The van der Waals surface area contributed by atoms with Crippen LogP contribution in [0.2, 0.25) is 0 Å². The molecule has 1 aliphatic heterocycles. The lowest BCUT2D eigenvalue weighted by atomic mass is 9.93. The highest BCUT2D eigenvalue weighted by molar-refractivity contribution is 5.73. The van der Waals surface area contributed by atoms with Gasteiger partial charge in [-0.15, -0.1) is 0 Å². The summed E-state index contributed by atoms with van der Waals surface area (Å²) < 4.78 is 11.2. The number of hydrogen-bond donors (Lipinski definition) is 2. The predicted molar refractivity (Wildman–Crippen MR) is 125 cm³/mol. The molecule has 1 saturated carbocycles. The monoisotopic (exact) mass is 441 g/mol. The van der Waals surface area contributed by atoms with E-state index in [0.717, 1.165) is 61.2 Å². The first-order valence-electron chi connectivity index (χ1n) is 11.8. The average molecular weight is 442 g/mol. The second-order valence-electron chi connectivity index (χ2n) is 8.88. The van der Waals surface area contributed by atoms with E-state index in [1.807, 2.05) is 25.4 Å². The lowest BCUT2D eigenvalue weighted by Gasteiger charge is -2.29. The van der Waals surface area contributed by atoms with Crippen LogP contribution in [0.5, 0.6) is 0 Å². The van der Waals surface area contributed by atoms with E-state index in [4.69, 9.17) is 14.5 Å². The van der Waals surface area contributed by atoms with Crippen molar-refractivity contribution in [2.45, 2.75) is 76.9 Å². The van der Waals surface area contributed by atoms with Crippen molar-refractivity contribution in [3.8, 4) is 11.3 Å². The Morgan fingerprint density at radius 1 is 1.12 bits per heavy atom. The lowest BCUT2D eigenvalue weighted by molar-refractivity contribution is -0.0443. The Hall–Kier alpha value is -2.29. The van der Waals surface area contributed by atoms with Crippen molar-refractivity contribution in [3.05, 3.63) is 30.1 Å². The van der Waals surface area contributed by atoms with E-state index in [1.165, 1.54) is 0 Å². The Morgan fingerprint density at radius 2 is 1.88 bits per heavy atom. The predicted octanol–water partition coefficient (Wildman–Crippen LogP) is 3.92. The van der Waals surface area contributed by atoms with Gasteiger partial charge in [0.05, 0.1) is 30.6 Å². The molecule has 2 N–H and O–H groups in total. The minimum absolute atomic E-state index is 0.191. The minimum Gasteiger partial charge on any atom is -0.393 e. The molecule has 8 nitrogen and oxygen atoms in total. The van der Waals surface area contributed by atoms with Crippen LogP contribution in [0, 0.1) is 0 Å². The number of nitrogens with one attached hydrogen (secondary N) is 1. The zero-order chi connectivity index (χ0) is 22.5. The fourth-order valence-corrected chi connectivity index (χ4v) is 4.32. The molecule has 0 spiro atoms. The van der Waals surface area contributed by atoms with Gasteiger partial charge in [-0.25, -0.2) is 4.98 Å². The number of pyridine rings is 1. The molecule has 2 aromatic rings. The summed E-state index contributed by atoms with van der Waals surface area (Å²) >= 11 is 0. The van der Waals surface area contributed by atoms with Crippen LogP contribution in [0.4, 0.5) is 11.8 Å². The van der Waals surface area contributed by atoms with Gasteiger partial charge in [-0.2, -0.15) is 4.98 Å². The van der Waals surface area contributed by atoms with Crippen molar-refractivity contribution in [2.75, 3.05) is 30.5 Å². The summed E-state index contributed by atoms with van der Waals surface area (Å²) in [5.41, 5.74) is 2.59. The molecule has 0 bridgehead atoms. The van der Waals surface area contributed by atoms with Gasteiger partial charge in [-0.1, -0.05) is 19.4 Å². The summed E-state index contributed by atoms with van der Waals surface area (Å²) in [4.78, 5) is 16.4. The summed E-state index contributed by atoms with van der Waals surface area (Å²) in [7, 11) is 2.05. The smallest absolute Gasteiger partial charge is 0.227 e. The molecule has 1 unspecified atom stereocenters. The van der Waals surface area contributed by atoms with Crippen molar-refractivity contribution in [2.24, 2.45) is 0 Å². The highest BCUT2D eigenvalue weighted by Crippen LogP contribution is 2.31. The molecular weight excluding hydrogens is 406 g/mol. The third-order valence-corrected chi connectivity index (χ3v) is 6.45. The molecule has 174 valence electrons.